The predicted molar refractivity (Wildman–Crippen MR) is 80.1 cm³/mol. The summed E-state index contributed by atoms with van der Waals surface area (Å²) in [6.45, 7) is 6.92. The average Bonchev–Trinajstić information content (AvgIpc) is 2.95. The zero-order valence-corrected chi connectivity index (χ0v) is 12.7. The van der Waals surface area contributed by atoms with Crippen molar-refractivity contribution in [2.45, 2.75) is 46.0 Å². The minimum Gasteiger partial charge on any atom is -0.338 e. The van der Waals surface area contributed by atoms with E-state index in [1.807, 2.05) is 12.4 Å². The van der Waals surface area contributed by atoms with Crippen molar-refractivity contribution in [1.29, 1.82) is 0 Å². The minimum absolute atomic E-state index is 0.757. The summed E-state index contributed by atoms with van der Waals surface area (Å²) in [7, 11) is 2.10. The fourth-order valence-corrected chi connectivity index (χ4v) is 3.27. The van der Waals surface area contributed by atoms with Crippen LogP contribution < -0.4 is 5.32 Å². The number of aromatic nitrogens is 2. The monoisotopic (exact) mass is 263 g/mol. The lowest BCUT2D eigenvalue weighted by atomic mass is 9.91. The maximum Gasteiger partial charge on any atom is 0.108 e. The standard InChI is InChI=1S/C16H29N3/c1-13(2)11-17-12-15-6-4-5-14(15)7-8-16-18-9-10-19(16)3/h9-10,13-15,17H,4-8,11-12H2,1-3H3. The van der Waals surface area contributed by atoms with E-state index in [4.69, 9.17) is 0 Å². The molecule has 1 saturated carbocycles. The molecule has 1 aliphatic carbocycles. The van der Waals surface area contributed by atoms with Gasteiger partial charge in [-0.2, -0.15) is 0 Å². The average molecular weight is 263 g/mol. The largest absolute Gasteiger partial charge is 0.338 e. The molecule has 0 amide bonds. The highest BCUT2D eigenvalue weighted by Crippen LogP contribution is 2.34. The molecule has 0 saturated heterocycles. The van der Waals surface area contributed by atoms with E-state index in [2.05, 4.69) is 35.8 Å². The number of aryl methyl sites for hydroxylation is 2. The highest BCUT2D eigenvalue weighted by molar-refractivity contribution is 4.92. The van der Waals surface area contributed by atoms with Crippen molar-refractivity contribution in [3.63, 3.8) is 0 Å². The van der Waals surface area contributed by atoms with Crippen molar-refractivity contribution in [2.75, 3.05) is 13.1 Å². The Morgan fingerprint density at radius 3 is 2.84 bits per heavy atom. The molecular weight excluding hydrogens is 234 g/mol. The van der Waals surface area contributed by atoms with Gasteiger partial charge in [0.1, 0.15) is 5.82 Å². The van der Waals surface area contributed by atoms with Gasteiger partial charge in [-0.25, -0.2) is 4.98 Å². The van der Waals surface area contributed by atoms with Crippen molar-refractivity contribution in [3.05, 3.63) is 18.2 Å². The maximum absolute atomic E-state index is 4.43. The summed E-state index contributed by atoms with van der Waals surface area (Å²) in [6, 6.07) is 0. The lowest BCUT2D eigenvalue weighted by molar-refractivity contribution is 0.339. The number of hydrogen-bond donors (Lipinski definition) is 1. The van der Waals surface area contributed by atoms with Crippen molar-refractivity contribution in [2.24, 2.45) is 24.8 Å². The molecule has 2 rings (SSSR count). The third kappa shape index (κ3) is 4.34. The second-order valence-electron chi connectivity index (χ2n) is 6.50. The quantitative estimate of drug-likeness (QED) is 0.819. The van der Waals surface area contributed by atoms with Gasteiger partial charge in [0.15, 0.2) is 0 Å². The number of imidazole rings is 1. The predicted octanol–water partition coefficient (Wildman–Crippen LogP) is 3.01. The molecule has 2 atom stereocenters. The number of rotatable bonds is 7. The van der Waals surface area contributed by atoms with Gasteiger partial charge in [-0.3, -0.25) is 0 Å². The zero-order valence-electron chi connectivity index (χ0n) is 12.7. The summed E-state index contributed by atoms with van der Waals surface area (Å²) >= 11 is 0. The third-order valence-electron chi connectivity index (χ3n) is 4.44. The van der Waals surface area contributed by atoms with Crippen molar-refractivity contribution in [3.8, 4) is 0 Å². The Bertz CT molecular complexity index is 370. The Kier molecular flexibility index (Phi) is 5.44. The molecule has 1 aromatic heterocycles. The van der Waals surface area contributed by atoms with Gasteiger partial charge >= 0.3 is 0 Å². The van der Waals surface area contributed by atoms with Crippen LogP contribution in [0.25, 0.3) is 0 Å². The molecule has 3 heteroatoms. The van der Waals surface area contributed by atoms with Gasteiger partial charge in [0.2, 0.25) is 0 Å². The molecule has 108 valence electrons. The molecule has 1 fully saturated rings. The van der Waals surface area contributed by atoms with E-state index in [-0.39, 0.29) is 0 Å². The molecule has 2 unspecified atom stereocenters. The van der Waals surface area contributed by atoms with E-state index in [1.54, 1.807) is 0 Å². The third-order valence-corrected chi connectivity index (χ3v) is 4.44. The summed E-state index contributed by atoms with van der Waals surface area (Å²) in [5, 5.41) is 3.64. The molecule has 0 bridgehead atoms. The second-order valence-corrected chi connectivity index (χ2v) is 6.50. The van der Waals surface area contributed by atoms with Crippen LogP contribution in [0.15, 0.2) is 12.4 Å². The molecule has 0 radical (unpaired) electrons. The van der Waals surface area contributed by atoms with E-state index in [0.717, 1.165) is 30.7 Å². The van der Waals surface area contributed by atoms with E-state index in [1.165, 1.54) is 38.1 Å². The molecule has 0 spiro atoms. The van der Waals surface area contributed by atoms with Gasteiger partial charge in [0, 0.05) is 25.9 Å². The molecule has 1 N–H and O–H groups in total. The molecule has 0 aromatic carbocycles. The van der Waals surface area contributed by atoms with Crippen LogP contribution in [-0.4, -0.2) is 22.6 Å². The smallest absolute Gasteiger partial charge is 0.108 e. The van der Waals surface area contributed by atoms with Gasteiger partial charge in [-0.15, -0.1) is 0 Å². The van der Waals surface area contributed by atoms with Crippen LogP contribution in [0.3, 0.4) is 0 Å². The van der Waals surface area contributed by atoms with Gasteiger partial charge in [0.25, 0.3) is 0 Å². The molecule has 0 aliphatic heterocycles. The molecule has 19 heavy (non-hydrogen) atoms. The van der Waals surface area contributed by atoms with Gasteiger partial charge in [-0.1, -0.05) is 26.7 Å². The lowest BCUT2D eigenvalue weighted by Gasteiger charge is -2.20. The molecule has 1 heterocycles. The number of hydrogen-bond acceptors (Lipinski definition) is 2. The maximum atomic E-state index is 4.43. The van der Waals surface area contributed by atoms with Crippen molar-refractivity contribution >= 4 is 0 Å². The minimum atomic E-state index is 0.757. The van der Waals surface area contributed by atoms with Gasteiger partial charge in [0.05, 0.1) is 0 Å². The summed E-state index contributed by atoms with van der Waals surface area (Å²) in [5.41, 5.74) is 0. The number of nitrogens with one attached hydrogen (secondary N) is 1. The first-order valence-corrected chi connectivity index (χ1v) is 7.83. The fraction of sp³-hybridized carbons (Fsp3) is 0.812. The SMILES string of the molecule is CC(C)CNCC1CCCC1CCc1nccn1C. The van der Waals surface area contributed by atoms with Crippen LogP contribution in [-0.2, 0) is 13.5 Å². The molecule has 3 nitrogen and oxygen atoms in total. The Morgan fingerprint density at radius 1 is 1.37 bits per heavy atom. The molecular formula is C16H29N3. The Hall–Kier alpha value is -0.830. The summed E-state index contributed by atoms with van der Waals surface area (Å²) in [6.07, 6.45) is 10.6. The zero-order chi connectivity index (χ0) is 13.7. The van der Waals surface area contributed by atoms with E-state index < -0.39 is 0 Å². The van der Waals surface area contributed by atoms with Crippen molar-refractivity contribution < 1.29 is 0 Å². The lowest BCUT2D eigenvalue weighted by Crippen LogP contribution is -2.28. The normalized spacial score (nSPS) is 23.4. The van der Waals surface area contributed by atoms with E-state index in [9.17, 15) is 0 Å². The van der Waals surface area contributed by atoms with Crippen LogP contribution in [0.4, 0.5) is 0 Å². The van der Waals surface area contributed by atoms with Crippen LogP contribution >= 0.6 is 0 Å². The van der Waals surface area contributed by atoms with Crippen LogP contribution in [0.2, 0.25) is 0 Å². The Labute approximate surface area is 117 Å². The summed E-state index contributed by atoms with van der Waals surface area (Å²) in [5.74, 6) is 3.78. The van der Waals surface area contributed by atoms with E-state index in [0.29, 0.717) is 0 Å². The topological polar surface area (TPSA) is 29.9 Å². The second kappa shape index (κ2) is 7.09. The highest BCUT2D eigenvalue weighted by atomic mass is 15.0. The first-order chi connectivity index (χ1) is 9.16. The summed E-state index contributed by atoms with van der Waals surface area (Å²) < 4.78 is 2.15. The van der Waals surface area contributed by atoms with Gasteiger partial charge in [-0.05, 0) is 43.7 Å². The van der Waals surface area contributed by atoms with Crippen LogP contribution in [0.5, 0.6) is 0 Å². The van der Waals surface area contributed by atoms with Gasteiger partial charge < -0.3 is 9.88 Å². The van der Waals surface area contributed by atoms with Crippen LogP contribution in [0.1, 0.15) is 45.4 Å². The Balaban J connectivity index is 1.74. The first-order valence-electron chi connectivity index (χ1n) is 7.83. The molecule has 1 aromatic rings. The Morgan fingerprint density at radius 2 is 2.16 bits per heavy atom. The van der Waals surface area contributed by atoms with Crippen molar-refractivity contribution in [1.82, 2.24) is 14.9 Å². The number of nitrogens with zero attached hydrogens (tertiary/aromatic N) is 2. The molecule has 1 aliphatic rings. The summed E-state index contributed by atoms with van der Waals surface area (Å²) in [4.78, 5) is 4.43. The first kappa shape index (κ1) is 14.6. The highest BCUT2D eigenvalue weighted by Gasteiger charge is 2.26. The van der Waals surface area contributed by atoms with E-state index >= 15 is 0 Å². The fourth-order valence-electron chi connectivity index (χ4n) is 3.27. The van der Waals surface area contributed by atoms with Crippen LogP contribution in [0, 0.1) is 17.8 Å².